The van der Waals surface area contributed by atoms with E-state index >= 15 is 0 Å². The summed E-state index contributed by atoms with van der Waals surface area (Å²) in [5.74, 6) is -0.855. The lowest BCUT2D eigenvalue weighted by atomic mass is 10.1. The van der Waals surface area contributed by atoms with Crippen LogP contribution < -0.4 is 0 Å². The van der Waals surface area contributed by atoms with Crippen molar-refractivity contribution in [3.05, 3.63) is 33.8 Å². The van der Waals surface area contributed by atoms with Crippen LogP contribution in [0.3, 0.4) is 0 Å². The first-order chi connectivity index (χ1) is 12.1. The number of benzene rings is 1. The van der Waals surface area contributed by atoms with Crippen molar-refractivity contribution >= 4 is 33.8 Å². The number of halogens is 1. The Morgan fingerprint density at radius 3 is 2.58 bits per heavy atom. The molecule has 1 amide bonds. The molecule has 142 valence electrons. The molecule has 0 unspecified atom stereocenters. The third-order valence-electron chi connectivity index (χ3n) is 3.98. The summed E-state index contributed by atoms with van der Waals surface area (Å²) in [6.07, 6.45) is 0.662. The highest BCUT2D eigenvalue weighted by molar-refractivity contribution is 9.10. The van der Waals surface area contributed by atoms with E-state index in [0.29, 0.717) is 24.9 Å². The Hall–Kier alpha value is -1.89. The molecule has 6 nitrogen and oxygen atoms in total. The van der Waals surface area contributed by atoms with Crippen LogP contribution in [0.4, 0.5) is 4.79 Å². The second kappa shape index (κ2) is 8.20. The van der Waals surface area contributed by atoms with Gasteiger partial charge >= 0.3 is 12.1 Å². The van der Waals surface area contributed by atoms with Gasteiger partial charge in [0.2, 0.25) is 0 Å². The summed E-state index contributed by atoms with van der Waals surface area (Å²) in [7, 11) is 0. The van der Waals surface area contributed by atoms with Gasteiger partial charge in [0.1, 0.15) is 11.6 Å². The van der Waals surface area contributed by atoms with Crippen LogP contribution >= 0.6 is 15.9 Å². The molecule has 1 atom stereocenters. The van der Waals surface area contributed by atoms with Gasteiger partial charge in [0.25, 0.3) is 0 Å². The van der Waals surface area contributed by atoms with Crippen molar-refractivity contribution in [2.75, 3.05) is 13.2 Å². The van der Waals surface area contributed by atoms with Crippen molar-refractivity contribution in [3.8, 4) is 0 Å². The van der Waals surface area contributed by atoms with E-state index in [1.807, 2.05) is 6.92 Å². The lowest BCUT2D eigenvalue weighted by Crippen LogP contribution is -2.44. The minimum Gasteiger partial charge on any atom is -0.456 e. The number of carbonyl (C=O) groups excluding carboxylic acids is 3. The van der Waals surface area contributed by atoms with Gasteiger partial charge in [-0.1, -0.05) is 22.0 Å². The normalized spacial score (nSPS) is 17.1. The monoisotopic (exact) mass is 425 g/mol. The fourth-order valence-electron chi connectivity index (χ4n) is 2.69. The molecule has 1 fully saturated rings. The van der Waals surface area contributed by atoms with E-state index in [1.54, 1.807) is 39.0 Å². The quantitative estimate of drug-likeness (QED) is 0.540. The van der Waals surface area contributed by atoms with Crippen LogP contribution in [0.25, 0.3) is 0 Å². The zero-order valence-electron chi connectivity index (χ0n) is 15.5. The number of nitrogens with zero attached hydrogens (tertiary/aromatic N) is 1. The molecule has 1 aromatic carbocycles. The largest absolute Gasteiger partial charge is 0.456 e. The molecule has 0 aromatic heterocycles. The van der Waals surface area contributed by atoms with Gasteiger partial charge in [-0.2, -0.15) is 0 Å². The Bertz CT molecular complexity index is 710. The van der Waals surface area contributed by atoms with E-state index < -0.39 is 23.7 Å². The van der Waals surface area contributed by atoms with Crippen LogP contribution in [0.2, 0.25) is 0 Å². The minimum atomic E-state index is -0.704. The predicted octanol–water partition coefficient (Wildman–Crippen LogP) is 3.88. The summed E-state index contributed by atoms with van der Waals surface area (Å²) in [5, 5.41) is 0. The van der Waals surface area contributed by atoms with Crippen molar-refractivity contribution in [1.82, 2.24) is 4.90 Å². The number of hydrogen-bond donors (Lipinski definition) is 0. The summed E-state index contributed by atoms with van der Waals surface area (Å²) in [6.45, 7) is 7.28. The molecule has 1 heterocycles. The first-order valence-electron chi connectivity index (χ1n) is 8.54. The number of likely N-dealkylation sites (tertiary alicyclic amines) is 1. The van der Waals surface area contributed by atoms with Gasteiger partial charge in [-0.25, -0.2) is 9.59 Å². The van der Waals surface area contributed by atoms with E-state index in [2.05, 4.69) is 15.9 Å². The standard InChI is InChI=1S/C19H24BrNO5/c1-12-10-13(7-8-14(12)20)16(22)11-25-17(23)15-6-5-9-21(15)18(24)26-19(2,3)4/h7-8,10,15H,5-6,9,11H2,1-4H3/t15-/m0/s1. The highest BCUT2D eigenvalue weighted by atomic mass is 79.9. The predicted molar refractivity (Wildman–Crippen MR) is 100 cm³/mol. The smallest absolute Gasteiger partial charge is 0.411 e. The average molecular weight is 426 g/mol. The Morgan fingerprint density at radius 2 is 1.96 bits per heavy atom. The lowest BCUT2D eigenvalue weighted by molar-refractivity contribution is -0.147. The zero-order chi connectivity index (χ0) is 19.5. The summed E-state index contributed by atoms with van der Waals surface area (Å²) < 4.78 is 11.4. The Morgan fingerprint density at radius 1 is 1.27 bits per heavy atom. The molecule has 1 saturated heterocycles. The molecule has 1 aromatic rings. The van der Waals surface area contributed by atoms with Gasteiger partial charge in [0.15, 0.2) is 12.4 Å². The maximum Gasteiger partial charge on any atom is 0.411 e. The number of ketones is 1. The number of aryl methyl sites for hydroxylation is 1. The van der Waals surface area contributed by atoms with E-state index in [4.69, 9.17) is 9.47 Å². The second-order valence-electron chi connectivity index (χ2n) is 7.33. The van der Waals surface area contributed by atoms with E-state index in [9.17, 15) is 14.4 Å². The summed E-state index contributed by atoms with van der Waals surface area (Å²) in [6, 6.07) is 4.49. The van der Waals surface area contributed by atoms with Gasteiger partial charge in [-0.15, -0.1) is 0 Å². The Balaban J connectivity index is 1.94. The number of esters is 1. The van der Waals surface area contributed by atoms with Crippen LogP contribution in [0.1, 0.15) is 49.5 Å². The SMILES string of the molecule is Cc1cc(C(=O)COC(=O)[C@@H]2CCCN2C(=O)OC(C)(C)C)ccc1Br. The van der Waals surface area contributed by atoms with Gasteiger partial charge in [-0.05, 0) is 58.2 Å². The van der Waals surface area contributed by atoms with Gasteiger partial charge < -0.3 is 9.47 Å². The minimum absolute atomic E-state index is 0.282. The zero-order valence-corrected chi connectivity index (χ0v) is 17.1. The Labute approximate surface area is 162 Å². The number of rotatable bonds is 4. The number of ether oxygens (including phenoxy) is 2. The average Bonchev–Trinajstić information content (AvgIpc) is 3.03. The van der Waals surface area contributed by atoms with E-state index in [0.717, 1.165) is 10.0 Å². The number of amides is 1. The van der Waals surface area contributed by atoms with Crippen molar-refractivity contribution in [2.45, 2.75) is 52.2 Å². The molecule has 2 rings (SSSR count). The molecule has 26 heavy (non-hydrogen) atoms. The van der Waals surface area contributed by atoms with Crippen molar-refractivity contribution in [1.29, 1.82) is 0 Å². The third kappa shape index (κ3) is 5.30. The van der Waals surface area contributed by atoms with Crippen LogP contribution in [-0.2, 0) is 14.3 Å². The second-order valence-corrected chi connectivity index (χ2v) is 8.18. The molecule has 0 saturated carbocycles. The summed E-state index contributed by atoms with van der Waals surface area (Å²) >= 11 is 3.38. The summed E-state index contributed by atoms with van der Waals surface area (Å²) in [4.78, 5) is 38.2. The molecule has 7 heteroatoms. The van der Waals surface area contributed by atoms with Crippen LogP contribution in [0, 0.1) is 6.92 Å². The molecule has 0 N–H and O–H groups in total. The first kappa shape index (κ1) is 20.4. The molecule has 0 bridgehead atoms. The van der Waals surface area contributed by atoms with Crippen molar-refractivity contribution in [3.63, 3.8) is 0 Å². The van der Waals surface area contributed by atoms with Crippen LogP contribution in [0.15, 0.2) is 22.7 Å². The molecule has 1 aliphatic rings. The molecule has 1 aliphatic heterocycles. The fraction of sp³-hybridized carbons (Fsp3) is 0.526. The van der Waals surface area contributed by atoms with Crippen LogP contribution in [0.5, 0.6) is 0 Å². The fourth-order valence-corrected chi connectivity index (χ4v) is 2.93. The molecule has 0 radical (unpaired) electrons. The van der Waals surface area contributed by atoms with E-state index in [-0.39, 0.29) is 12.4 Å². The molecular formula is C19H24BrNO5. The molecular weight excluding hydrogens is 402 g/mol. The van der Waals surface area contributed by atoms with Crippen molar-refractivity contribution < 1.29 is 23.9 Å². The van der Waals surface area contributed by atoms with Gasteiger partial charge in [0.05, 0.1) is 0 Å². The van der Waals surface area contributed by atoms with Crippen LogP contribution in [-0.4, -0.2) is 47.5 Å². The first-order valence-corrected chi connectivity index (χ1v) is 9.33. The number of hydrogen-bond acceptors (Lipinski definition) is 5. The maximum atomic E-state index is 12.4. The molecule has 0 aliphatic carbocycles. The number of carbonyl (C=O) groups is 3. The van der Waals surface area contributed by atoms with Crippen molar-refractivity contribution in [2.24, 2.45) is 0 Å². The third-order valence-corrected chi connectivity index (χ3v) is 4.87. The molecule has 0 spiro atoms. The Kier molecular flexibility index (Phi) is 6.44. The summed E-state index contributed by atoms with van der Waals surface area (Å²) in [5.41, 5.74) is 0.770. The number of Topliss-reactive ketones (excluding diaryl/α,β-unsaturated/α-hetero) is 1. The highest BCUT2D eigenvalue weighted by Gasteiger charge is 2.37. The van der Waals surface area contributed by atoms with Gasteiger partial charge in [-0.3, -0.25) is 9.69 Å². The topological polar surface area (TPSA) is 72.9 Å². The highest BCUT2D eigenvalue weighted by Crippen LogP contribution is 2.22. The van der Waals surface area contributed by atoms with Gasteiger partial charge in [0, 0.05) is 16.6 Å². The maximum absolute atomic E-state index is 12.4. The van der Waals surface area contributed by atoms with E-state index in [1.165, 1.54) is 4.90 Å². The lowest BCUT2D eigenvalue weighted by Gasteiger charge is -2.27.